The summed E-state index contributed by atoms with van der Waals surface area (Å²) in [5.74, 6) is 0.187. The van der Waals surface area contributed by atoms with E-state index in [0.29, 0.717) is 38.9 Å². The Balaban J connectivity index is 2.07. The second-order valence-corrected chi connectivity index (χ2v) is 5.67. The van der Waals surface area contributed by atoms with Gasteiger partial charge in [-0.15, -0.1) is 0 Å². The first-order valence-electron chi connectivity index (χ1n) is 7.15. The number of unbranched alkanes of at least 4 members (excludes halogenated alkanes) is 2. The van der Waals surface area contributed by atoms with Crippen LogP contribution in [0.15, 0.2) is 0 Å². The first-order valence-corrected chi connectivity index (χ1v) is 7.15. The van der Waals surface area contributed by atoms with Gasteiger partial charge in [-0.25, -0.2) is 0 Å². The summed E-state index contributed by atoms with van der Waals surface area (Å²) >= 11 is 0. The number of likely N-dealkylation sites (tertiary alicyclic amines) is 1. The molecule has 2 N–H and O–H groups in total. The van der Waals surface area contributed by atoms with Gasteiger partial charge in [0.25, 0.3) is 0 Å². The van der Waals surface area contributed by atoms with E-state index >= 15 is 0 Å². The molecule has 0 aromatic heterocycles. The van der Waals surface area contributed by atoms with Gasteiger partial charge in [-0.2, -0.15) is 0 Å². The van der Waals surface area contributed by atoms with Crippen LogP contribution >= 0.6 is 0 Å². The summed E-state index contributed by atoms with van der Waals surface area (Å²) in [5.41, 5.74) is -0.602. The van der Waals surface area contributed by atoms with Gasteiger partial charge in [0.2, 0.25) is 11.8 Å². The molecule has 0 spiro atoms. The van der Waals surface area contributed by atoms with Crippen molar-refractivity contribution in [1.29, 1.82) is 0 Å². The van der Waals surface area contributed by atoms with Gasteiger partial charge in [0.15, 0.2) is 0 Å². The lowest BCUT2D eigenvalue weighted by molar-refractivity contribution is -0.135. The maximum atomic E-state index is 11.9. The van der Waals surface area contributed by atoms with Crippen molar-refractivity contribution in [3.8, 4) is 0 Å². The summed E-state index contributed by atoms with van der Waals surface area (Å²) in [5, 5.41) is 12.6. The fraction of sp³-hybridized carbons (Fsp3) is 0.857. The molecule has 19 heavy (non-hydrogen) atoms. The van der Waals surface area contributed by atoms with Crippen LogP contribution in [0.4, 0.5) is 0 Å². The van der Waals surface area contributed by atoms with Crippen molar-refractivity contribution >= 4 is 11.8 Å². The Bertz CT molecular complexity index is 306. The van der Waals surface area contributed by atoms with Crippen LogP contribution in [0, 0.1) is 0 Å². The molecular formula is C14H26N2O3. The number of piperidine rings is 1. The lowest BCUT2D eigenvalue weighted by Crippen LogP contribution is -2.45. The van der Waals surface area contributed by atoms with Crippen molar-refractivity contribution in [1.82, 2.24) is 10.2 Å². The average molecular weight is 270 g/mol. The van der Waals surface area contributed by atoms with E-state index in [1.807, 2.05) is 11.8 Å². The molecule has 0 unspecified atom stereocenters. The molecule has 1 rings (SSSR count). The standard InChI is InChI=1S/C14H26N2O3/c1-12(17)15-9-5-3-4-6-13(18)16-10-7-14(2,19)8-11-16/h19H,3-11H2,1-2H3,(H,15,17). The predicted octanol–water partition coefficient (Wildman–Crippen LogP) is 1.06. The first kappa shape index (κ1) is 16.0. The quantitative estimate of drug-likeness (QED) is 0.709. The number of carbonyl (C=O) groups is 2. The smallest absolute Gasteiger partial charge is 0.222 e. The van der Waals surface area contributed by atoms with Crippen molar-refractivity contribution in [2.45, 2.75) is 58.0 Å². The predicted molar refractivity (Wildman–Crippen MR) is 73.6 cm³/mol. The molecule has 2 amide bonds. The zero-order valence-corrected chi connectivity index (χ0v) is 12.1. The minimum Gasteiger partial charge on any atom is -0.390 e. The van der Waals surface area contributed by atoms with E-state index < -0.39 is 5.60 Å². The van der Waals surface area contributed by atoms with Gasteiger partial charge in [-0.1, -0.05) is 6.42 Å². The number of nitrogens with one attached hydrogen (secondary N) is 1. The minimum absolute atomic E-state index is 0.00329. The van der Waals surface area contributed by atoms with Crippen molar-refractivity contribution < 1.29 is 14.7 Å². The minimum atomic E-state index is -0.602. The van der Waals surface area contributed by atoms with E-state index in [-0.39, 0.29) is 11.8 Å². The van der Waals surface area contributed by atoms with Crippen molar-refractivity contribution in [2.24, 2.45) is 0 Å². The van der Waals surface area contributed by atoms with Gasteiger partial charge < -0.3 is 15.3 Å². The molecule has 5 heteroatoms. The van der Waals surface area contributed by atoms with E-state index in [1.54, 1.807) is 0 Å². The van der Waals surface area contributed by atoms with Crippen LogP contribution in [0.3, 0.4) is 0 Å². The zero-order valence-electron chi connectivity index (χ0n) is 12.1. The number of nitrogens with zero attached hydrogens (tertiary/aromatic N) is 1. The molecule has 0 aromatic rings. The highest BCUT2D eigenvalue weighted by Gasteiger charge is 2.29. The fourth-order valence-corrected chi connectivity index (χ4v) is 2.24. The number of hydrogen-bond acceptors (Lipinski definition) is 3. The molecule has 1 aliphatic heterocycles. The molecule has 1 aliphatic rings. The molecule has 5 nitrogen and oxygen atoms in total. The van der Waals surface area contributed by atoms with Crippen LogP contribution in [-0.4, -0.2) is 47.1 Å². The second-order valence-electron chi connectivity index (χ2n) is 5.67. The van der Waals surface area contributed by atoms with Crippen molar-refractivity contribution in [3.05, 3.63) is 0 Å². The Morgan fingerprint density at radius 1 is 1.21 bits per heavy atom. The highest BCUT2D eigenvalue weighted by molar-refractivity contribution is 5.76. The van der Waals surface area contributed by atoms with Crippen LogP contribution in [0.25, 0.3) is 0 Å². The van der Waals surface area contributed by atoms with E-state index in [4.69, 9.17) is 0 Å². The number of amides is 2. The van der Waals surface area contributed by atoms with Gasteiger partial charge in [-0.3, -0.25) is 9.59 Å². The monoisotopic (exact) mass is 270 g/mol. The Morgan fingerprint density at radius 2 is 1.84 bits per heavy atom. The summed E-state index contributed by atoms with van der Waals surface area (Å²) in [6.07, 6.45) is 4.65. The van der Waals surface area contributed by atoms with E-state index in [1.165, 1.54) is 6.92 Å². The molecule has 1 saturated heterocycles. The molecule has 0 bridgehead atoms. The summed E-state index contributed by atoms with van der Waals surface area (Å²) in [4.78, 5) is 24.4. The summed E-state index contributed by atoms with van der Waals surface area (Å²) in [7, 11) is 0. The average Bonchev–Trinajstić information content (AvgIpc) is 2.32. The molecule has 0 radical (unpaired) electrons. The van der Waals surface area contributed by atoms with Crippen LogP contribution in [0.2, 0.25) is 0 Å². The van der Waals surface area contributed by atoms with Crippen LogP contribution in [-0.2, 0) is 9.59 Å². The Kier molecular flexibility index (Phi) is 6.28. The molecule has 0 aromatic carbocycles. The number of hydrogen-bond donors (Lipinski definition) is 2. The van der Waals surface area contributed by atoms with Crippen molar-refractivity contribution in [3.63, 3.8) is 0 Å². The highest BCUT2D eigenvalue weighted by Crippen LogP contribution is 2.21. The van der Waals surface area contributed by atoms with E-state index in [9.17, 15) is 14.7 Å². The van der Waals surface area contributed by atoms with Gasteiger partial charge in [-0.05, 0) is 32.6 Å². The maximum absolute atomic E-state index is 11.9. The highest BCUT2D eigenvalue weighted by atomic mass is 16.3. The topological polar surface area (TPSA) is 69.6 Å². The summed E-state index contributed by atoms with van der Waals surface area (Å²) in [6, 6.07) is 0. The molecule has 0 atom stereocenters. The fourth-order valence-electron chi connectivity index (χ4n) is 2.24. The SMILES string of the molecule is CC(=O)NCCCCCC(=O)N1CCC(C)(O)CC1. The third kappa shape index (κ3) is 6.57. The van der Waals surface area contributed by atoms with Crippen LogP contribution < -0.4 is 5.32 Å². The second kappa shape index (κ2) is 7.48. The Morgan fingerprint density at radius 3 is 2.42 bits per heavy atom. The molecule has 110 valence electrons. The number of carbonyl (C=O) groups excluding carboxylic acids is 2. The number of aliphatic hydroxyl groups is 1. The third-order valence-corrected chi connectivity index (χ3v) is 3.63. The molecule has 0 aliphatic carbocycles. The number of rotatable bonds is 6. The first-order chi connectivity index (χ1) is 8.91. The Hall–Kier alpha value is -1.10. The maximum Gasteiger partial charge on any atom is 0.222 e. The summed E-state index contributed by atoms with van der Waals surface area (Å²) < 4.78 is 0. The van der Waals surface area contributed by atoms with E-state index in [2.05, 4.69) is 5.32 Å². The van der Waals surface area contributed by atoms with Crippen LogP contribution in [0.1, 0.15) is 52.4 Å². The summed E-state index contributed by atoms with van der Waals surface area (Å²) in [6.45, 7) is 5.36. The Labute approximate surface area is 115 Å². The zero-order chi connectivity index (χ0) is 14.3. The molecular weight excluding hydrogens is 244 g/mol. The molecule has 1 fully saturated rings. The lowest BCUT2D eigenvalue weighted by atomic mass is 9.93. The van der Waals surface area contributed by atoms with Gasteiger partial charge in [0, 0.05) is 33.0 Å². The van der Waals surface area contributed by atoms with Gasteiger partial charge in [0.1, 0.15) is 0 Å². The van der Waals surface area contributed by atoms with Crippen molar-refractivity contribution in [2.75, 3.05) is 19.6 Å². The van der Waals surface area contributed by atoms with Gasteiger partial charge >= 0.3 is 0 Å². The third-order valence-electron chi connectivity index (χ3n) is 3.63. The van der Waals surface area contributed by atoms with Crippen LogP contribution in [0.5, 0.6) is 0 Å². The van der Waals surface area contributed by atoms with E-state index in [0.717, 1.165) is 19.3 Å². The molecule has 1 heterocycles. The van der Waals surface area contributed by atoms with Gasteiger partial charge in [0.05, 0.1) is 5.60 Å². The normalized spacial score (nSPS) is 18.2. The molecule has 0 saturated carbocycles. The lowest BCUT2D eigenvalue weighted by Gasteiger charge is -2.35. The largest absolute Gasteiger partial charge is 0.390 e.